The first-order valence-electron chi connectivity index (χ1n) is 16.7. The van der Waals surface area contributed by atoms with Gasteiger partial charge in [-0.1, -0.05) is 130 Å². The highest BCUT2D eigenvalue weighted by Gasteiger charge is 2.24. The third kappa shape index (κ3) is 6.93. The fourth-order valence-electron chi connectivity index (χ4n) is 6.42. The number of aromatic amines is 1. The first kappa shape index (κ1) is 31.1. The van der Waals surface area contributed by atoms with Gasteiger partial charge in [-0.05, 0) is 64.1 Å². The van der Waals surface area contributed by atoms with Crippen LogP contribution in [0.2, 0.25) is 0 Å². The quantitative estimate of drug-likeness (QED) is 0.156. The molecular weight excluding hydrogens is 592 g/mol. The number of tetrazole rings is 1. The van der Waals surface area contributed by atoms with Gasteiger partial charge in [0.25, 0.3) is 0 Å². The minimum absolute atomic E-state index is 0.0269. The van der Waals surface area contributed by atoms with Gasteiger partial charge in [0, 0.05) is 12.0 Å². The van der Waals surface area contributed by atoms with Crippen LogP contribution in [-0.2, 0) is 38.6 Å². The van der Waals surface area contributed by atoms with Crippen LogP contribution in [0.1, 0.15) is 54.7 Å². The van der Waals surface area contributed by atoms with Crippen LogP contribution in [0, 0.1) is 5.41 Å². The van der Waals surface area contributed by atoms with Crippen LogP contribution in [0.5, 0.6) is 0 Å². The molecule has 4 aromatic carbocycles. The lowest BCUT2D eigenvalue weighted by atomic mass is 9.91. The number of fused-ring (bicyclic) bond motifs is 1. The second-order valence-corrected chi connectivity index (χ2v) is 13.6. The Hall–Kier alpha value is -5.50. The normalized spacial score (nSPS) is 11.7. The predicted molar refractivity (Wildman–Crippen MR) is 190 cm³/mol. The van der Waals surface area contributed by atoms with Gasteiger partial charge in [0.15, 0.2) is 0 Å². The molecule has 7 rings (SSSR count). The van der Waals surface area contributed by atoms with Crippen molar-refractivity contribution in [3.63, 3.8) is 0 Å². The Labute approximate surface area is 281 Å². The zero-order valence-electron chi connectivity index (χ0n) is 27.8. The van der Waals surface area contributed by atoms with Crippen molar-refractivity contribution in [1.82, 2.24) is 40.4 Å². The lowest BCUT2D eigenvalue weighted by Crippen LogP contribution is -2.16. The summed E-state index contributed by atoms with van der Waals surface area (Å²) < 4.78 is 2.41. The summed E-state index contributed by atoms with van der Waals surface area (Å²) in [5.74, 6) is 1.62. The molecule has 1 N–H and O–H groups in total. The molecule has 0 aliphatic heterocycles. The molecule has 0 fully saturated rings. The highest BCUT2D eigenvalue weighted by atomic mass is 15.5. The van der Waals surface area contributed by atoms with Crippen molar-refractivity contribution >= 4 is 11.0 Å². The number of H-pyrrole nitrogens is 1. The average Bonchev–Trinajstić information content (AvgIpc) is 3.76. The molecule has 0 spiro atoms. The zero-order chi connectivity index (χ0) is 32.9. The van der Waals surface area contributed by atoms with Crippen LogP contribution in [-0.4, -0.2) is 40.4 Å². The minimum Gasteiger partial charge on any atom is -0.322 e. The second kappa shape index (κ2) is 13.7. The Morgan fingerprint density at radius 1 is 0.604 bits per heavy atom. The van der Waals surface area contributed by atoms with Crippen LogP contribution in [0.15, 0.2) is 109 Å². The maximum atomic E-state index is 5.41. The topological polar surface area (TPSA) is 98.1 Å². The molecule has 0 bridgehead atoms. The van der Waals surface area contributed by atoms with E-state index in [2.05, 4.69) is 143 Å². The van der Waals surface area contributed by atoms with E-state index >= 15 is 0 Å². The summed E-state index contributed by atoms with van der Waals surface area (Å²) in [7, 11) is 0. The van der Waals surface area contributed by atoms with Gasteiger partial charge in [0.1, 0.15) is 11.3 Å². The van der Waals surface area contributed by atoms with Crippen LogP contribution in [0.25, 0.3) is 33.5 Å². The van der Waals surface area contributed by atoms with Crippen molar-refractivity contribution in [2.75, 3.05) is 0 Å². The number of aryl methyl sites for hydroxylation is 4. The summed E-state index contributed by atoms with van der Waals surface area (Å²) >= 11 is 0. The summed E-state index contributed by atoms with van der Waals surface area (Å²) in [5.41, 5.74) is 10.9. The minimum atomic E-state index is 0.0269. The Kier molecular flexibility index (Phi) is 8.88. The third-order valence-corrected chi connectivity index (χ3v) is 8.71. The molecular formula is C40H40N8. The lowest BCUT2D eigenvalue weighted by Gasteiger charge is -2.20. The molecule has 0 aliphatic carbocycles. The van der Waals surface area contributed by atoms with Gasteiger partial charge in [-0.15, -0.1) is 10.2 Å². The smallest absolute Gasteiger partial charge is 0.205 e. The Morgan fingerprint density at radius 2 is 1.19 bits per heavy atom. The molecule has 240 valence electrons. The van der Waals surface area contributed by atoms with E-state index in [1.807, 2.05) is 12.1 Å². The number of hydrogen-bond acceptors (Lipinski definition) is 6. The van der Waals surface area contributed by atoms with Crippen LogP contribution >= 0.6 is 0 Å². The molecule has 3 aromatic heterocycles. The molecule has 8 nitrogen and oxygen atoms in total. The van der Waals surface area contributed by atoms with Crippen molar-refractivity contribution in [2.45, 2.75) is 59.4 Å². The molecule has 0 radical (unpaired) electrons. The molecule has 8 heteroatoms. The van der Waals surface area contributed by atoms with Crippen LogP contribution in [0.3, 0.4) is 0 Å². The second-order valence-electron chi connectivity index (χ2n) is 13.6. The molecule has 0 saturated carbocycles. The summed E-state index contributed by atoms with van der Waals surface area (Å²) in [5, 5.41) is 24.8. The van der Waals surface area contributed by atoms with Crippen molar-refractivity contribution < 1.29 is 0 Å². The summed E-state index contributed by atoms with van der Waals surface area (Å²) in [6.07, 6.45) is 4.12. The molecule has 0 aliphatic rings. The number of hydrogen-bond donors (Lipinski definition) is 1. The number of imidazole rings is 1. The Morgan fingerprint density at radius 3 is 1.83 bits per heavy atom. The molecule has 48 heavy (non-hydrogen) atoms. The predicted octanol–water partition coefficient (Wildman–Crippen LogP) is 7.88. The summed E-state index contributed by atoms with van der Waals surface area (Å²) in [6.45, 7) is 7.46. The van der Waals surface area contributed by atoms with Gasteiger partial charge in [-0.2, -0.15) is 15.4 Å². The third-order valence-electron chi connectivity index (χ3n) is 8.71. The van der Waals surface area contributed by atoms with E-state index in [1.54, 1.807) is 0 Å². The SMILES string of the molecule is CC(C)(C)Cc1nc2c(CCc3ccccc3)nnc(CCc3ccccc3)c2n1Cc1ccccc1-c1ccccc1-c1nn[nH]n1. The van der Waals surface area contributed by atoms with Crippen molar-refractivity contribution in [2.24, 2.45) is 5.41 Å². The maximum absolute atomic E-state index is 5.41. The molecule has 7 aromatic rings. The number of aromatic nitrogens is 8. The molecule has 0 unspecified atom stereocenters. The van der Waals surface area contributed by atoms with E-state index in [0.29, 0.717) is 12.4 Å². The number of nitrogens with zero attached hydrogens (tertiary/aromatic N) is 7. The van der Waals surface area contributed by atoms with Crippen LogP contribution < -0.4 is 0 Å². The largest absolute Gasteiger partial charge is 0.322 e. The van der Waals surface area contributed by atoms with Gasteiger partial charge < -0.3 is 4.57 Å². The summed E-state index contributed by atoms with van der Waals surface area (Å²) in [4.78, 5) is 5.41. The van der Waals surface area contributed by atoms with E-state index in [4.69, 9.17) is 15.2 Å². The Bertz CT molecular complexity index is 2110. The number of nitrogens with one attached hydrogen (secondary N) is 1. The van der Waals surface area contributed by atoms with Crippen molar-refractivity contribution in [3.05, 3.63) is 143 Å². The van der Waals surface area contributed by atoms with E-state index in [0.717, 1.165) is 77.0 Å². The van der Waals surface area contributed by atoms with E-state index < -0.39 is 0 Å². The summed E-state index contributed by atoms with van der Waals surface area (Å²) in [6, 6.07) is 38.0. The standard InChI is InChI=1S/C40H40N8/c1-40(2,3)26-36-41-37-34(24-22-28-14-6-4-7-15-28)42-43-35(25-23-29-16-8-5-9-17-29)38(37)48(36)27-30-18-10-11-19-31(30)32-20-12-13-21-33(32)39-44-46-47-45-39/h4-21H,22-27H2,1-3H3,(H,44,45,46,47). The van der Waals surface area contributed by atoms with Gasteiger partial charge in [-0.25, -0.2) is 4.98 Å². The highest BCUT2D eigenvalue weighted by molar-refractivity contribution is 5.83. The first-order chi connectivity index (χ1) is 23.4. The van der Waals surface area contributed by atoms with Crippen LogP contribution in [0.4, 0.5) is 0 Å². The first-order valence-corrected chi connectivity index (χ1v) is 16.7. The molecule has 0 saturated heterocycles. The number of benzene rings is 4. The fourth-order valence-corrected chi connectivity index (χ4v) is 6.42. The van der Waals surface area contributed by atoms with Gasteiger partial charge in [0.2, 0.25) is 5.82 Å². The average molecular weight is 633 g/mol. The molecule has 0 amide bonds. The number of rotatable bonds is 11. The van der Waals surface area contributed by atoms with Crippen molar-refractivity contribution in [1.29, 1.82) is 0 Å². The maximum Gasteiger partial charge on any atom is 0.205 e. The van der Waals surface area contributed by atoms with Gasteiger partial charge >= 0.3 is 0 Å². The molecule has 0 atom stereocenters. The van der Waals surface area contributed by atoms with Gasteiger partial charge in [-0.3, -0.25) is 0 Å². The van der Waals surface area contributed by atoms with E-state index in [-0.39, 0.29) is 5.41 Å². The fraction of sp³-hybridized carbons (Fsp3) is 0.250. The van der Waals surface area contributed by atoms with E-state index in [1.165, 1.54) is 16.7 Å². The lowest BCUT2D eigenvalue weighted by molar-refractivity contribution is 0.394. The van der Waals surface area contributed by atoms with Crippen molar-refractivity contribution in [3.8, 4) is 22.5 Å². The zero-order valence-corrected chi connectivity index (χ0v) is 27.8. The van der Waals surface area contributed by atoms with Gasteiger partial charge in [0.05, 0.1) is 23.4 Å². The van der Waals surface area contributed by atoms with E-state index in [9.17, 15) is 0 Å². The molecule has 3 heterocycles. The Balaban J connectivity index is 1.37. The monoisotopic (exact) mass is 632 g/mol. The highest BCUT2D eigenvalue weighted by Crippen LogP contribution is 2.34.